The van der Waals surface area contributed by atoms with Gasteiger partial charge < -0.3 is 18.6 Å². The van der Waals surface area contributed by atoms with Gasteiger partial charge in [0.2, 0.25) is 11.2 Å². The maximum atomic E-state index is 13.8. The monoisotopic (exact) mass is 450 g/mol. The molecule has 2 aromatic carbocycles. The molecule has 32 heavy (non-hydrogen) atoms. The Hall–Kier alpha value is -3.49. The Morgan fingerprint density at radius 3 is 2.38 bits per heavy atom. The number of carbonyl (C=O) groups excluding carboxylic acids is 1. The summed E-state index contributed by atoms with van der Waals surface area (Å²) in [6, 6.07) is 9.67. The molecule has 0 unspecified atom stereocenters. The predicted molar refractivity (Wildman–Crippen MR) is 111 cm³/mol. The lowest BCUT2D eigenvalue weighted by molar-refractivity contribution is -0.155. The predicted octanol–water partition coefficient (Wildman–Crippen LogP) is 5.21. The molecule has 0 amide bonds. The topological polar surface area (TPSA) is 75.0 Å². The van der Waals surface area contributed by atoms with Crippen LogP contribution in [0.4, 0.5) is 13.2 Å². The molecule has 0 bridgehead atoms. The molecule has 6 nitrogen and oxygen atoms in total. The minimum atomic E-state index is -4.95. The van der Waals surface area contributed by atoms with E-state index in [0.29, 0.717) is 0 Å². The summed E-state index contributed by atoms with van der Waals surface area (Å²) in [6.45, 7) is 4.79. The molecule has 0 N–H and O–H groups in total. The van der Waals surface area contributed by atoms with E-state index < -0.39 is 35.0 Å². The smallest absolute Gasteiger partial charge is 0.450 e. The van der Waals surface area contributed by atoms with Crippen LogP contribution in [0.15, 0.2) is 51.7 Å². The molecular weight excluding hydrogens is 429 g/mol. The van der Waals surface area contributed by atoms with E-state index in [1.165, 1.54) is 44.4 Å². The SMILES string of the molecule is COc1ccccc1-c1c(C(F)(F)F)oc2cc(O[C@@H](C)C(=O)OC(C)C)ccc2c1=O. The van der Waals surface area contributed by atoms with Crippen molar-refractivity contribution in [3.05, 3.63) is 58.4 Å². The maximum Gasteiger partial charge on any atom is 0.450 e. The zero-order valence-corrected chi connectivity index (χ0v) is 17.8. The number of rotatable bonds is 6. The Morgan fingerprint density at radius 1 is 1.06 bits per heavy atom. The fourth-order valence-corrected chi connectivity index (χ4v) is 3.12. The van der Waals surface area contributed by atoms with E-state index >= 15 is 0 Å². The number of alkyl halides is 3. The molecule has 9 heteroatoms. The first-order chi connectivity index (χ1) is 15.0. The van der Waals surface area contributed by atoms with Crippen molar-refractivity contribution in [2.24, 2.45) is 0 Å². The van der Waals surface area contributed by atoms with E-state index in [-0.39, 0.29) is 34.1 Å². The lowest BCUT2D eigenvalue weighted by Crippen LogP contribution is -2.28. The van der Waals surface area contributed by atoms with Crippen LogP contribution in [0, 0.1) is 0 Å². The van der Waals surface area contributed by atoms with E-state index in [1.807, 2.05) is 0 Å². The second-order valence-electron chi connectivity index (χ2n) is 7.24. The number of halogens is 3. The minimum absolute atomic E-state index is 0.0386. The quantitative estimate of drug-likeness (QED) is 0.480. The van der Waals surface area contributed by atoms with Gasteiger partial charge in [0.15, 0.2) is 6.10 Å². The lowest BCUT2D eigenvalue weighted by atomic mass is 10.0. The van der Waals surface area contributed by atoms with Crippen molar-refractivity contribution in [2.45, 2.75) is 39.2 Å². The molecule has 1 atom stereocenters. The number of benzene rings is 2. The van der Waals surface area contributed by atoms with Crippen LogP contribution < -0.4 is 14.9 Å². The average Bonchev–Trinajstić information content (AvgIpc) is 2.72. The molecule has 170 valence electrons. The maximum absolute atomic E-state index is 13.8. The van der Waals surface area contributed by atoms with Crippen molar-refractivity contribution in [2.75, 3.05) is 7.11 Å². The summed E-state index contributed by atoms with van der Waals surface area (Å²) >= 11 is 0. The van der Waals surface area contributed by atoms with Crippen molar-refractivity contribution in [1.29, 1.82) is 0 Å². The number of methoxy groups -OCH3 is 1. The Bertz CT molecular complexity index is 1200. The summed E-state index contributed by atoms with van der Waals surface area (Å²) in [5.41, 5.74) is -1.89. The molecule has 3 rings (SSSR count). The van der Waals surface area contributed by atoms with E-state index in [2.05, 4.69) is 0 Å². The lowest BCUT2D eigenvalue weighted by Gasteiger charge is -2.17. The molecule has 0 aliphatic heterocycles. The van der Waals surface area contributed by atoms with Crippen LogP contribution in [0.5, 0.6) is 11.5 Å². The van der Waals surface area contributed by atoms with E-state index in [4.69, 9.17) is 18.6 Å². The summed E-state index contributed by atoms with van der Waals surface area (Å²) in [6.07, 6.45) is -6.32. The fourth-order valence-electron chi connectivity index (χ4n) is 3.12. The third kappa shape index (κ3) is 4.71. The number of esters is 1. The standard InChI is InChI=1S/C23H21F3O6/c1-12(2)30-22(28)13(3)31-14-9-10-16-18(11-14)32-21(23(24,25)26)19(20(16)27)15-7-5-6-8-17(15)29-4/h5-13H,1-4H3/t13-/m0/s1. The van der Waals surface area contributed by atoms with Crippen molar-refractivity contribution in [1.82, 2.24) is 0 Å². The first kappa shape index (κ1) is 23.2. The minimum Gasteiger partial charge on any atom is -0.496 e. The van der Waals surface area contributed by atoms with Gasteiger partial charge >= 0.3 is 12.1 Å². The number of hydrogen-bond acceptors (Lipinski definition) is 6. The Balaban J connectivity index is 2.14. The first-order valence-corrected chi connectivity index (χ1v) is 9.71. The summed E-state index contributed by atoms with van der Waals surface area (Å²) < 4.78 is 62.4. The van der Waals surface area contributed by atoms with Crippen molar-refractivity contribution in [3.63, 3.8) is 0 Å². The van der Waals surface area contributed by atoms with E-state index in [0.717, 1.165) is 6.07 Å². The summed E-state index contributed by atoms with van der Waals surface area (Å²) in [5.74, 6) is -1.94. The highest BCUT2D eigenvalue weighted by molar-refractivity contribution is 5.85. The zero-order chi connectivity index (χ0) is 23.6. The molecule has 0 saturated carbocycles. The molecule has 0 aliphatic rings. The van der Waals surface area contributed by atoms with Crippen molar-refractivity contribution in [3.8, 4) is 22.6 Å². The van der Waals surface area contributed by atoms with Crippen LogP contribution >= 0.6 is 0 Å². The van der Waals surface area contributed by atoms with Gasteiger partial charge in [0.05, 0.1) is 24.2 Å². The van der Waals surface area contributed by atoms with E-state index in [9.17, 15) is 22.8 Å². The molecular formula is C23H21F3O6. The fraction of sp³-hybridized carbons (Fsp3) is 0.304. The molecule has 3 aromatic rings. The van der Waals surface area contributed by atoms with Crippen LogP contribution in [0.1, 0.15) is 26.5 Å². The molecule has 0 saturated heterocycles. The third-order valence-electron chi connectivity index (χ3n) is 4.49. The van der Waals surface area contributed by atoms with Gasteiger partial charge in [-0.05, 0) is 39.0 Å². The third-order valence-corrected chi connectivity index (χ3v) is 4.49. The Kier molecular flexibility index (Phi) is 6.47. The number of carbonyl (C=O) groups is 1. The molecule has 1 aromatic heterocycles. The number of ether oxygens (including phenoxy) is 3. The highest BCUT2D eigenvalue weighted by Crippen LogP contribution is 2.40. The van der Waals surface area contributed by atoms with Crippen LogP contribution in [-0.2, 0) is 15.7 Å². The Morgan fingerprint density at radius 2 is 1.75 bits per heavy atom. The van der Waals surface area contributed by atoms with Gasteiger partial charge in [0.25, 0.3) is 0 Å². The van der Waals surface area contributed by atoms with Gasteiger partial charge in [-0.3, -0.25) is 4.79 Å². The van der Waals surface area contributed by atoms with Crippen LogP contribution in [0.2, 0.25) is 0 Å². The van der Waals surface area contributed by atoms with Crippen LogP contribution in [-0.4, -0.2) is 25.3 Å². The second kappa shape index (κ2) is 8.94. The zero-order valence-electron chi connectivity index (χ0n) is 17.8. The van der Waals surface area contributed by atoms with Gasteiger partial charge in [-0.2, -0.15) is 13.2 Å². The van der Waals surface area contributed by atoms with Crippen molar-refractivity contribution < 1.29 is 36.6 Å². The summed E-state index contributed by atoms with van der Waals surface area (Å²) in [4.78, 5) is 25.0. The average molecular weight is 450 g/mol. The van der Waals surface area contributed by atoms with Gasteiger partial charge in [-0.1, -0.05) is 18.2 Å². The molecule has 0 radical (unpaired) electrons. The van der Waals surface area contributed by atoms with Gasteiger partial charge in [0.1, 0.15) is 17.1 Å². The second-order valence-corrected chi connectivity index (χ2v) is 7.24. The Labute approximate surface area is 181 Å². The van der Waals surface area contributed by atoms with Crippen LogP contribution in [0.25, 0.3) is 22.1 Å². The van der Waals surface area contributed by atoms with Gasteiger partial charge in [-0.15, -0.1) is 0 Å². The highest BCUT2D eigenvalue weighted by Gasteiger charge is 2.40. The molecule has 1 heterocycles. The molecule has 0 spiro atoms. The number of fused-ring (bicyclic) bond motifs is 1. The molecule has 0 fully saturated rings. The van der Waals surface area contributed by atoms with Gasteiger partial charge in [0, 0.05) is 11.6 Å². The number of hydrogen-bond donors (Lipinski definition) is 0. The number of para-hydroxylation sites is 1. The highest BCUT2D eigenvalue weighted by atomic mass is 19.4. The molecule has 0 aliphatic carbocycles. The van der Waals surface area contributed by atoms with E-state index in [1.54, 1.807) is 19.9 Å². The normalized spacial score (nSPS) is 12.6. The summed E-state index contributed by atoms with van der Waals surface area (Å²) in [7, 11) is 1.30. The summed E-state index contributed by atoms with van der Waals surface area (Å²) in [5, 5.41) is -0.0799. The van der Waals surface area contributed by atoms with Gasteiger partial charge in [-0.25, -0.2) is 4.79 Å². The first-order valence-electron chi connectivity index (χ1n) is 9.71. The van der Waals surface area contributed by atoms with Crippen molar-refractivity contribution >= 4 is 16.9 Å². The van der Waals surface area contributed by atoms with Crippen LogP contribution in [0.3, 0.4) is 0 Å². The largest absolute Gasteiger partial charge is 0.496 e.